The van der Waals surface area contributed by atoms with Crippen molar-refractivity contribution < 1.29 is 9.18 Å². The van der Waals surface area contributed by atoms with Crippen LogP contribution in [0.15, 0.2) is 24.3 Å². The van der Waals surface area contributed by atoms with Gasteiger partial charge >= 0.3 is 0 Å². The second-order valence-electron chi connectivity index (χ2n) is 4.94. The molecule has 1 unspecified atom stereocenters. The largest absolute Gasteiger partial charge is 0.342 e. The molecule has 1 fully saturated rings. The molecule has 2 N–H and O–H groups in total. The maximum Gasteiger partial charge on any atom is 0.229 e. The summed E-state index contributed by atoms with van der Waals surface area (Å²) in [5.74, 6) is -0.532. The molecular weight excluding hydrogens is 231 g/mol. The number of nitrogens with zero attached hydrogens (tertiary/aromatic N) is 1. The van der Waals surface area contributed by atoms with Crippen LogP contribution in [0.1, 0.15) is 31.2 Å². The summed E-state index contributed by atoms with van der Waals surface area (Å²) >= 11 is 0. The van der Waals surface area contributed by atoms with E-state index in [-0.39, 0.29) is 23.7 Å². The Morgan fingerprint density at radius 3 is 2.72 bits per heavy atom. The van der Waals surface area contributed by atoms with Crippen LogP contribution in [-0.2, 0) is 4.79 Å². The maximum atomic E-state index is 13.1. The van der Waals surface area contributed by atoms with Crippen LogP contribution in [0.5, 0.6) is 0 Å². The van der Waals surface area contributed by atoms with E-state index in [1.807, 2.05) is 11.8 Å². The Labute approximate surface area is 107 Å². The summed E-state index contributed by atoms with van der Waals surface area (Å²) in [6.45, 7) is 3.24. The molecule has 1 heterocycles. The fraction of sp³-hybridized carbons (Fsp3) is 0.500. The number of carbonyl (C=O) groups excluding carboxylic acids is 1. The van der Waals surface area contributed by atoms with Crippen molar-refractivity contribution in [3.63, 3.8) is 0 Å². The highest BCUT2D eigenvalue weighted by atomic mass is 19.1. The lowest BCUT2D eigenvalue weighted by Crippen LogP contribution is -2.44. The number of likely N-dealkylation sites (tertiary alicyclic amines) is 1. The van der Waals surface area contributed by atoms with Gasteiger partial charge in [0, 0.05) is 19.1 Å². The van der Waals surface area contributed by atoms with Gasteiger partial charge < -0.3 is 10.6 Å². The molecule has 1 aliphatic heterocycles. The molecule has 1 aliphatic rings. The summed E-state index contributed by atoms with van der Waals surface area (Å²) in [6, 6.07) is 6.46. The number of rotatable bonds is 2. The fourth-order valence-electron chi connectivity index (χ4n) is 2.31. The molecule has 98 valence electrons. The smallest absolute Gasteiger partial charge is 0.229 e. The molecule has 0 saturated carbocycles. The summed E-state index contributed by atoms with van der Waals surface area (Å²) in [4.78, 5) is 14.1. The number of hydrogen-bond donors (Lipinski definition) is 1. The van der Waals surface area contributed by atoms with Gasteiger partial charge in [0.25, 0.3) is 0 Å². The molecule has 1 amide bonds. The Hall–Kier alpha value is -1.42. The Morgan fingerprint density at radius 2 is 2.11 bits per heavy atom. The molecule has 0 aromatic heterocycles. The number of amides is 1. The second-order valence-corrected chi connectivity index (χ2v) is 4.94. The van der Waals surface area contributed by atoms with E-state index in [1.165, 1.54) is 12.1 Å². The summed E-state index contributed by atoms with van der Waals surface area (Å²) in [7, 11) is 0. The average molecular weight is 250 g/mol. The van der Waals surface area contributed by atoms with Crippen molar-refractivity contribution in [1.29, 1.82) is 0 Å². The zero-order chi connectivity index (χ0) is 13.1. The zero-order valence-corrected chi connectivity index (χ0v) is 10.6. The minimum atomic E-state index is -0.298. The van der Waals surface area contributed by atoms with Crippen molar-refractivity contribution in [2.45, 2.75) is 31.7 Å². The van der Waals surface area contributed by atoms with Crippen molar-refractivity contribution in [1.82, 2.24) is 4.90 Å². The van der Waals surface area contributed by atoms with Gasteiger partial charge in [-0.3, -0.25) is 4.79 Å². The lowest BCUT2D eigenvalue weighted by molar-refractivity contribution is -0.133. The van der Waals surface area contributed by atoms with Crippen molar-refractivity contribution in [3.05, 3.63) is 35.6 Å². The molecule has 2 rings (SSSR count). The highest BCUT2D eigenvalue weighted by molar-refractivity contribution is 5.83. The molecule has 0 radical (unpaired) electrons. The lowest BCUT2D eigenvalue weighted by Gasteiger charge is -2.32. The monoisotopic (exact) mass is 250 g/mol. The molecule has 1 aromatic carbocycles. The van der Waals surface area contributed by atoms with Crippen LogP contribution in [0.2, 0.25) is 0 Å². The number of hydrogen-bond acceptors (Lipinski definition) is 2. The van der Waals surface area contributed by atoms with Crippen LogP contribution in [-0.4, -0.2) is 29.9 Å². The van der Waals surface area contributed by atoms with Crippen LogP contribution < -0.4 is 5.73 Å². The van der Waals surface area contributed by atoms with Gasteiger partial charge in [-0.25, -0.2) is 4.39 Å². The summed E-state index contributed by atoms with van der Waals surface area (Å²) < 4.78 is 13.1. The van der Waals surface area contributed by atoms with Crippen LogP contribution in [0.3, 0.4) is 0 Å². The Kier molecular flexibility index (Phi) is 3.97. The molecule has 0 bridgehead atoms. The molecular formula is C14H19FN2O. The van der Waals surface area contributed by atoms with E-state index in [1.54, 1.807) is 12.1 Å². The third kappa shape index (κ3) is 2.88. The van der Waals surface area contributed by atoms with Crippen LogP contribution in [0.4, 0.5) is 4.39 Å². The highest BCUT2D eigenvalue weighted by Crippen LogP contribution is 2.21. The predicted octanol–water partition coefficient (Wildman–Crippen LogP) is 1.88. The maximum absolute atomic E-state index is 13.1. The van der Waals surface area contributed by atoms with Crippen LogP contribution in [0, 0.1) is 5.82 Å². The van der Waals surface area contributed by atoms with Gasteiger partial charge in [-0.15, -0.1) is 0 Å². The second kappa shape index (κ2) is 5.48. The number of benzene rings is 1. The molecule has 0 spiro atoms. The van der Waals surface area contributed by atoms with E-state index in [2.05, 4.69) is 0 Å². The Bertz CT molecular complexity index is 428. The van der Waals surface area contributed by atoms with Crippen molar-refractivity contribution in [2.75, 3.05) is 13.1 Å². The number of halogens is 1. The third-order valence-corrected chi connectivity index (χ3v) is 3.57. The topological polar surface area (TPSA) is 46.3 Å². The van der Waals surface area contributed by atoms with E-state index in [0.717, 1.165) is 18.4 Å². The number of piperidine rings is 1. The number of nitrogens with two attached hydrogens (primary N) is 1. The first-order valence-electron chi connectivity index (χ1n) is 6.38. The van der Waals surface area contributed by atoms with Crippen molar-refractivity contribution in [3.8, 4) is 0 Å². The summed E-state index contributed by atoms with van der Waals surface area (Å²) in [5.41, 5.74) is 6.55. The standard InChI is InChI=1S/C14H19FN2O/c1-10(11-3-2-4-12(15)9-11)14(18)17-7-5-13(16)6-8-17/h2-4,9-10,13H,5-8,16H2,1H3. The van der Waals surface area contributed by atoms with Gasteiger partial charge in [-0.05, 0) is 37.5 Å². The van der Waals surface area contributed by atoms with Gasteiger partial charge in [-0.2, -0.15) is 0 Å². The van der Waals surface area contributed by atoms with Crippen LogP contribution >= 0.6 is 0 Å². The van der Waals surface area contributed by atoms with Gasteiger partial charge in [-0.1, -0.05) is 12.1 Å². The molecule has 1 atom stereocenters. The average Bonchev–Trinajstić information content (AvgIpc) is 2.38. The fourth-order valence-corrected chi connectivity index (χ4v) is 2.31. The quantitative estimate of drug-likeness (QED) is 0.871. The highest BCUT2D eigenvalue weighted by Gasteiger charge is 2.25. The van der Waals surface area contributed by atoms with Crippen molar-refractivity contribution in [2.24, 2.45) is 5.73 Å². The number of carbonyl (C=O) groups is 1. The molecule has 3 nitrogen and oxygen atoms in total. The van der Waals surface area contributed by atoms with E-state index in [9.17, 15) is 9.18 Å². The van der Waals surface area contributed by atoms with E-state index in [4.69, 9.17) is 5.73 Å². The molecule has 4 heteroatoms. The van der Waals surface area contributed by atoms with Crippen LogP contribution in [0.25, 0.3) is 0 Å². The molecule has 1 saturated heterocycles. The summed E-state index contributed by atoms with van der Waals surface area (Å²) in [5, 5.41) is 0. The minimum Gasteiger partial charge on any atom is -0.342 e. The Morgan fingerprint density at radius 1 is 1.44 bits per heavy atom. The summed E-state index contributed by atoms with van der Waals surface area (Å²) in [6.07, 6.45) is 1.70. The molecule has 1 aromatic rings. The van der Waals surface area contributed by atoms with E-state index < -0.39 is 0 Å². The normalized spacial score (nSPS) is 18.7. The first-order valence-corrected chi connectivity index (χ1v) is 6.38. The first kappa shape index (κ1) is 13.0. The predicted molar refractivity (Wildman–Crippen MR) is 68.6 cm³/mol. The molecule has 0 aliphatic carbocycles. The first-order chi connectivity index (χ1) is 8.58. The third-order valence-electron chi connectivity index (χ3n) is 3.57. The van der Waals surface area contributed by atoms with Gasteiger partial charge in [0.05, 0.1) is 5.92 Å². The minimum absolute atomic E-state index is 0.0625. The lowest BCUT2D eigenvalue weighted by atomic mass is 9.97. The van der Waals surface area contributed by atoms with E-state index >= 15 is 0 Å². The Balaban J connectivity index is 2.04. The SMILES string of the molecule is CC(C(=O)N1CCC(N)CC1)c1cccc(F)c1. The van der Waals surface area contributed by atoms with Crippen molar-refractivity contribution >= 4 is 5.91 Å². The van der Waals surface area contributed by atoms with Gasteiger partial charge in [0.2, 0.25) is 5.91 Å². The molecule has 18 heavy (non-hydrogen) atoms. The zero-order valence-electron chi connectivity index (χ0n) is 10.6. The van der Waals surface area contributed by atoms with Gasteiger partial charge in [0.1, 0.15) is 5.82 Å². The van der Waals surface area contributed by atoms with Gasteiger partial charge in [0.15, 0.2) is 0 Å². The van der Waals surface area contributed by atoms with E-state index in [0.29, 0.717) is 13.1 Å².